The summed E-state index contributed by atoms with van der Waals surface area (Å²) in [5.41, 5.74) is 2.02. The van der Waals surface area contributed by atoms with Gasteiger partial charge in [-0.2, -0.15) is 0 Å². The molecule has 6 nitrogen and oxygen atoms in total. The van der Waals surface area contributed by atoms with Crippen LogP contribution in [0.2, 0.25) is 0 Å². The predicted molar refractivity (Wildman–Crippen MR) is 102 cm³/mol. The third-order valence-electron chi connectivity index (χ3n) is 3.88. The number of ether oxygens (including phenoxy) is 2. The summed E-state index contributed by atoms with van der Waals surface area (Å²) < 4.78 is 11.9. The number of hydrogen-bond acceptors (Lipinski definition) is 4. The third kappa shape index (κ3) is 4.16. The van der Waals surface area contributed by atoms with Gasteiger partial charge >= 0.3 is 0 Å². The molecule has 3 rings (SSSR count). The number of benzene rings is 2. The molecule has 2 amide bonds. The number of carbonyl (C=O) groups is 2. The summed E-state index contributed by atoms with van der Waals surface area (Å²) in [6, 6.07) is 10.5. The molecule has 2 aromatic rings. The molecule has 136 valence electrons. The lowest BCUT2D eigenvalue weighted by atomic mass is 10.1. The first-order chi connectivity index (χ1) is 12.4. The molecule has 0 unspecified atom stereocenters. The largest absolute Gasteiger partial charge is 0.486 e. The molecular weight excluding hydrogens is 400 g/mol. The Kier molecular flexibility index (Phi) is 5.46. The van der Waals surface area contributed by atoms with Crippen LogP contribution in [0.1, 0.15) is 15.9 Å². The van der Waals surface area contributed by atoms with Crippen molar-refractivity contribution in [3.8, 4) is 11.5 Å². The van der Waals surface area contributed by atoms with Crippen LogP contribution in [-0.2, 0) is 11.2 Å². The molecule has 1 heterocycles. The van der Waals surface area contributed by atoms with Crippen LogP contribution in [0.4, 0.5) is 5.69 Å². The highest BCUT2D eigenvalue weighted by molar-refractivity contribution is 9.10. The highest BCUT2D eigenvalue weighted by atomic mass is 79.9. The number of hydrogen-bond donors (Lipinski definition) is 1. The fourth-order valence-corrected chi connectivity index (χ4v) is 3.04. The van der Waals surface area contributed by atoms with Gasteiger partial charge in [-0.05, 0) is 42.0 Å². The van der Waals surface area contributed by atoms with Crippen molar-refractivity contribution in [2.24, 2.45) is 0 Å². The lowest BCUT2D eigenvalue weighted by Gasteiger charge is -2.19. The van der Waals surface area contributed by atoms with Gasteiger partial charge in [0.05, 0.1) is 6.42 Å². The van der Waals surface area contributed by atoms with Gasteiger partial charge in [-0.25, -0.2) is 0 Å². The van der Waals surface area contributed by atoms with Crippen LogP contribution < -0.4 is 14.8 Å². The minimum absolute atomic E-state index is 0.0805. The topological polar surface area (TPSA) is 67.9 Å². The first-order valence-electron chi connectivity index (χ1n) is 8.13. The van der Waals surface area contributed by atoms with Crippen LogP contribution >= 0.6 is 15.9 Å². The van der Waals surface area contributed by atoms with Crippen LogP contribution in [0, 0.1) is 0 Å². The summed E-state index contributed by atoms with van der Waals surface area (Å²) in [6.07, 6.45) is 0.190. The van der Waals surface area contributed by atoms with Crippen LogP contribution in [0.25, 0.3) is 0 Å². The number of rotatable bonds is 4. The second kappa shape index (κ2) is 7.78. The van der Waals surface area contributed by atoms with Crippen molar-refractivity contribution in [1.82, 2.24) is 4.90 Å². The van der Waals surface area contributed by atoms with Crippen molar-refractivity contribution in [2.45, 2.75) is 6.42 Å². The smallest absolute Gasteiger partial charge is 0.253 e. The van der Waals surface area contributed by atoms with Crippen molar-refractivity contribution in [3.63, 3.8) is 0 Å². The first kappa shape index (κ1) is 18.3. The SMILES string of the molecule is CN(C)C(=O)c1ccc(NC(=O)Cc2cc3c(cc2Br)OCCO3)cc1. The Bertz CT molecular complexity index is 834. The van der Waals surface area contributed by atoms with E-state index in [4.69, 9.17) is 9.47 Å². The van der Waals surface area contributed by atoms with Crippen LogP contribution in [0.15, 0.2) is 40.9 Å². The quantitative estimate of drug-likeness (QED) is 0.827. The van der Waals surface area contributed by atoms with E-state index in [0.29, 0.717) is 36.0 Å². The van der Waals surface area contributed by atoms with Crippen LogP contribution in [-0.4, -0.2) is 44.0 Å². The van der Waals surface area contributed by atoms with Gasteiger partial charge in [0, 0.05) is 29.8 Å². The molecule has 2 aromatic carbocycles. The van der Waals surface area contributed by atoms with Gasteiger partial charge in [-0.3, -0.25) is 9.59 Å². The molecule has 0 saturated carbocycles. The van der Waals surface area contributed by atoms with Crippen molar-refractivity contribution in [3.05, 3.63) is 52.0 Å². The summed E-state index contributed by atoms with van der Waals surface area (Å²) in [7, 11) is 3.40. The minimum Gasteiger partial charge on any atom is -0.486 e. The highest BCUT2D eigenvalue weighted by Crippen LogP contribution is 2.35. The van der Waals surface area contributed by atoms with Gasteiger partial charge in [0.2, 0.25) is 5.91 Å². The maximum Gasteiger partial charge on any atom is 0.253 e. The van der Waals surface area contributed by atoms with E-state index in [1.165, 1.54) is 4.90 Å². The Balaban J connectivity index is 1.66. The maximum atomic E-state index is 12.4. The molecule has 1 N–H and O–H groups in total. The van der Waals surface area contributed by atoms with Crippen LogP contribution in [0.5, 0.6) is 11.5 Å². The predicted octanol–water partition coefficient (Wildman–Crippen LogP) is 3.10. The molecule has 0 atom stereocenters. The van der Waals surface area contributed by atoms with Gasteiger partial charge in [-0.1, -0.05) is 15.9 Å². The van der Waals surface area contributed by atoms with Crippen molar-refractivity contribution in [2.75, 3.05) is 32.6 Å². The van der Waals surface area contributed by atoms with Gasteiger partial charge in [0.15, 0.2) is 11.5 Å². The molecule has 0 aliphatic carbocycles. The number of carbonyl (C=O) groups excluding carboxylic acids is 2. The second-order valence-corrected chi connectivity index (χ2v) is 6.94. The van der Waals surface area contributed by atoms with E-state index < -0.39 is 0 Å². The van der Waals surface area contributed by atoms with E-state index in [0.717, 1.165) is 10.0 Å². The lowest BCUT2D eigenvalue weighted by molar-refractivity contribution is -0.115. The molecule has 0 saturated heterocycles. The van der Waals surface area contributed by atoms with Gasteiger partial charge in [0.1, 0.15) is 13.2 Å². The molecule has 0 radical (unpaired) electrons. The van der Waals surface area contributed by atoms with E-state index in [1.807, 2.05) is 12.1 Å². The summed E-state index contributed by atoms with van der Waals surface area (Å²) in [5, 5.41) is 2.84. The number of halogens is 1. The Morgan fingerprint density at radius 1 is 1.08 bits per heavy atom. The second-order valence-electron chi connectivity index (χ2n) is 6.09. The number of nitrogens with one attached hydrogen (secondary N) is 1. The standard InChI is InChI=1S/C19H19BrN2O4/c1-22(2)19(24)12-3-5-14(6-4-12)21-18(23)10-13-9-16-17(11-15(13)20)26-8-7-25-16/h3-6,9,11H,7-8,10H2,1-2H3,(H,21,23). The van der Waals surface area contributed by atoms with Crippen molar-refractivity contribution < 1.29 is 19.1 Å². The Labute approximate surface area is 160 Å². The molecule has 0 spiro atoms. The van der Waals surface area contributed by atoms with Crippen molar-refractivity contribution >= 4 is 33.4 Å². The average Bonchev–Trinajstić information content (AvgIpc) is 2.62. The molecule has 26 heavy (non-hydrogen) atoms. The summed E-state index contributed by atoms with van der Waals surface area (Å²) in [6.45, 7) is 1.02. The van der Waals surface area contributed by atoms with E-state index in [9.17, 15) is 9.59 Å². The summed E-state index contributed by atoms with van der Waals surface area (Å²) in [5.74, 6) is 1.08. The Morgan fingerprint density at radius 2 is 1.69 bits per heavy atom. The summed E-state index contributed by atoms with van der Waals surface area (Å²) in [4.78, 5) is 25.7. The first-order valence-corrected chi connectivity index (χ1v) is 8.93. The maximum absolute atomic E-state index is 12.4. The highest BCUT2D eigenvalue weighted by Gasteiger charge is 2.17. The monoisotopic (exact) mass is 418 g/mol. The molecule has 1 aliphatic rings. The zero-order valence-electron chi connectivity index (χ0n) is 14.5. The number of nitrogens with zero attached hydrogens (tertiary/aromatic N) is 1. The average molecular weight is 419 g/mol. The molecule has 0 bridgehead atoms. The fourth-order valence-electron chi connectivity index (χ4n) is 2.57. The number of fused-ring (bicyclic) bond motifs is 1. The van der Waals surface area contributed by atoms with Gasteiger partial charge in [-0.15, -0.1) is 0 Å². The fraction of sp³-hybridized carbons (Fsp3) is 0.263. The zero-order chi connectivity index (χ0) is 18.7. The number of anilines is 1. The van der Waals surface area contributed by atoms with E-state index >= 15 is 0 Å². The van der Waals surface area contributed by atoms with E-state index in [1.54, 1.807) is 38.4 Å². The Morgan fingerprint density at radius 3 is 2.31 bits per heavy atom. The lowest BCUT2D eigenvalue weighted by Crippen LogP contribution is -2.21. The Hall–Kier alpha value is -2.54. The molecule has 7 heteroatoms. The third-order valence-corrected chi connectivity index (χ3v) is 4.62. The molecule has 0 aromatic heterocycles. The van der Waals surface area contributed by atoms with Crippen molar-refractivity contribution in [1.29, 1.82) is 0 Å². The normalized spacial score (nSPS) is 12.4. The van der Waals surface area contributed by atoms with Crippen LogP contribution in [0.3, 0.4) is 0 Å². The minimum atomic E-state index is -0.158. The van der Waals surface area contributed by atoms with Gasteiger partial charge in [0.25, 0.3) is 5.91 Å². The van der Waals surface area contributed by atoms with Gasteiger partial charge < -0.3 is 19.7 Å². The molecule has 1 aliphatic heterocycles. The molecular formula is C19H19BrN2O4. The summed E-state index contributed by atoms with van der Waals surface area (Å²) >= 11 is 3.47. The zero-order valence-corrected chi connectivity index (χ0v) is 16.1. The van der Waals surface area contributed by atoms with E-state index in [2.05, 4.69) is 21.2 Å². The van der Waals surface area contributed by atoms with E-state index in [-0.39, 0.29) is 18.2 Å². The number of amides is 2. The molecule has 0 fully saturated rings.